The number of benzene rings is 1. The molecular weight excluding hydrogens is 264 g/mol. The van der Waals surface area contributed by atoms with Gasteiger partial charge in [-0.2, -0.15) is 0 Å². The summed E-state index contributed by atoms with van der Waals surface area (Å²) in [4.78, 5) is 21.1. The van der Waals surface area contributed by atoms with E-state index in [0.717, 1.165) is 11.3 Å². The summed E-state index contributed by atoms with van der Waals surface area (Å²) in [5.74, 6) is 1.39. The number of anilines is 2. The second kappa shape index (κ2) is 6.43. The molecule has 1 heterocycles. The van der Waals surface area contributed by atoms with Crippen LogP contribution in [0, 0.1) is 0 Å². The maximum absolute atomic E-state index is 11.8. The van der Waals surface area contributed by atoms with Crippen LogP contribution in [0.2, 0.25) is 0 Å². The number of nitrogens with one attached hydrogen (secondary N) is 1. The topological polar surface area (TPSA) is 75.0 Å². The summed E-state index contributed by atoms with van der Waals surface area (Å²) in [6.07, 6.45) is 0.697. The standard InChI is InChI=1S/C16H22N4O/c1-4-14-18-15(9-16(21)19-14)20(11(2)3)10-12-7-5-6-8-13(12)17/h5-9,11H,4,10,17H2,1-3H3,(H,18,19,21). The summed E-state index contributed by atoms with van der Waals surface area (Å²) in [5.41, 5.74) is 7.68. The quantitative estimate of drug-likeness (QED) is 0.827. The van der Waals surface area contributed by atoms with E-state index >= 15 is 0 Å². The Morgan fingerprint density at radius 3 is 2.67 bits per heavy atom. The molecule has 1 aromatic heterocycles. The minimum absolute atomic E-state index is 0.122. The average molecular weight is 286 g/mol. The molecule has 5 nitrogen and oxygen atoms in total. The van der Waals surface area contributed by atoms with Gasteiger partial charge in [-0.05, 0) is 25.5 Å². The van der Waals surface area contributed by atoms with Gasteiger partial charge in [0.2, 0.25) is 0 Å². The van der Waals surface area contributed by atoms with E-state index in [4.69, 9.17) is 5.73 Å². The maximum Gasteiger partial charge on any atom is 0.252 e. The van der Waals surface area contributed by atoms with Gasteiger partial charge in [-0.3, -0.25) is 4.79 Å². The van der Waals surface area contributed by atoms with Gasteiger partial charge in [0.25, 0.3) is 5.56 Å². The van der Waals surface area contributed by atoms with Crippen molar-refractivity contribution in [1.82, 2.24) is 9.97 Å². The summed E-state index contributed by atoms with van der Waals surface area (Å²) >= 11 is 0. The van der Waals surface area contributed by atoms with Gasteiger partial charge in [0.05, 0.1) is 0 Å². The van der Waals surface area contributed by atoms with Crippen molar-refractivity contribution < 1.29 is 0 Å². The molecule has 3 N–H and O–H groups in total. The highest BCUT2D eigenvalue weighted by molar-refractivity contribution is 5.50. The Morgan fingerprint density at radius 1 is 1.33 bits per heavy atom. The van der Waals surface area contributed by atoms with E-state index < -0.39 is 0 Å². The average Bonchev–Trinajstić information content (AvgIpc) is 2.45. The molecule has 0 saturated heterocycles. The molecule has 21 heavy (non-hydrogen) atoms. The van der Waals surface area contributed by atoms with Gasteiger partial charge in [-0.15, -0.1) is 0 Å². The van der Waals surface area contributed by atoms with Crippen LogP contribution in [0.1, 0.15) is 32.2 Å². The number of nitrogen functional groups attached to an aromatic ring is 1. The minimum atomic E-state index is -0.122. The number of para-hydroxylation sites is 1. The third-order valence-electron chi connectivity index (χ3n) is 3.43. The SMILES string of the molecule is CCc1nc(N(Cc2ccccc2N)C(C)C)cc(=O)[nH]1. The predicted molar refractivity (Wildman–Crippen MR) is 86.4 cm³/mol. The highest BCUT2D eigenvalue weighted by Gasteiger charge is 2.15. The first-order chi connectivity index (χ1) is 10.0. The van der Waals surface area contributed by atoms with Gasteiger partial charge in [-0.25, -0.2) is 4.98 Å². The van der Waals surface area contributed by atoms with Crippen molar-refractivity contribution in [2.24, 2.45) is 0 Å². The van der Waals surface area contributed by atoms with Crippen molar-refractivity contribution in [3.05, 3.63) is 52.1 Å². The van der Waals surface area contributed by atoms with Gasteiger partial charge >= 0.3 is 0 Å². The second-order valence-electron chi connectivity index (χ2n) is 5.32. The molecule has 0 unspecified atom stereocenters. The first-order valence-electron chi connectivity index (χ1n) is 7.21. The number of hydrogen-bond acceptors (Lipinski definition) is 4. The molecule has 0 saturated carbocycles. The zero-order valence-corrected chi connectivity index (χ0v) is 12.8. The van der Waals surface area contributed by atoms with E-state index in [1.165, 1.54) is 6.07 Å². The number of rotatable bonds is 5. The predicted octanol–water partition coefficient (Wildman–Crippen LogP) is 2.33. The van der Waals surface area contributed by atoms with Crippen LogP contribution in [0.5, 0.6) is 0 Å². The van der Waals surface area contributed by atoms with Crippen LogP contribution in [-0.4, -0.2) is 16.0 Å². The summed E-state index contributed by atoms with van der Waals surface area (Å²) in [6, 6.07) is 9.52. The lowest BCUT2D eigenvalue weighted by atomic mass is 10.1. The molecule has 0 spiro atoms. The first-order valence-corrected chi connectivity index (χ1v) is 7.21. The normalized spacial score (nSPS) is 10.9. The Bertz CT molecular complexity index is 663. The van der Waals surface area contributed by atoms with E-state index in [1.807, 2.05) is 31.2 Å². The fourth-order valence-electron chi connectivity index (χ4n) is 2.20. The van der Waals surface area contributed by atoms with E-state index in [1.54, 1.807) is 0 Å². The number of nitrogens with two attached hydrogens (primary N) is 1. The number of nitrogens with zero attached hydrogens (tertiary/aromatic N) is 2. The van der Waals surface area contributed by atoms with Crippen molar-refractivity contribution in [1.29, 1.82) is 0 Å². The Hall–Kier alpha value is -2.30. The molecule has 0 aliphatic rings. The van der Waals surface area contributed by atoms with Crippen LogP contribution < -0.4 is 16.2 Å². The zero-order chi connectivity index (χ0) is 15.4. The second-order valence-corrected chi connectivity index (χ2v) is 5.32. The molecule has 2 rings (SSSR count). The zero-order valence-electron chi connectivity index (χ0n) is 12.8. The molecule has 0 radical (unpaired) electrons. The number of aryl methyl sites for hydroxylation is 1. The molecule has 0 aliphatic heterocycles. The van der Waals surface area contributed by atoms with Crippen molar-refractivity contribution >= 4 is 11.5 Å². The Kier molecular flexibility index (Phi) is 4.62. The molecule has 0 atom stereocenters. The van der Waals surface area contributed by atoms with E-state index in [9.17, 15) is 4.79 Å². The van der Waals surface area contributed by atoms with E-state index in [2.05, 4.69) is 28.7 Å². The Balaban J connectivity index is 2.38. The van der Waals surface area contributed by atoms with Crippen LogP contribution >= 0.6 is 0 Å². The lowest BCUT2D eigenvalue weighted by molar-refractivity contribution is 0.667. The molecule has 2 aromatic rings. The summed E-state index contributed by atoms with van der Waals surface area (Å²) in [6.45, 7) is 6.75. The van der Waals surface area contributed by atoms with Crippen LogP contribution in [0.4, 0.5) is 11.5 Å². The third kappa shape index (κ3) is 3.62. The molecule has 112 valence electrons. The van der Waals surface area contributed by atoms with Crippen LogP contribution in [-0.2, 0) is 13.0 Å². The van der Waals surface area contributed by atoms with Crippen LogP contribution in [0.25, 0.3) is 0 Å². The van der Waals surface area contributed by atoms with Crippen LogP contribution in [0.15, 0.2) is 35.1 Å². The number of hydrogen-bond donors (Lipinski definition) is 2. The highest BCUT2D eigenvalue weighted by Crippen LogP contribution is 2.20. The van der Waals surface area contributed by atoms with Crippen molar-refractivity contribution in [2.75, 3.05) is 10.6 Å². The third-order valence-corrected chi connectivity index (χ3v) is 3.43. The van der Waals surface area contributed by atoms with Gasteiger partial charge in [-0.1, -0.05) is 25.1 Å². The Morgan fingerprint density at radius 2 is 2.05 bits per heavy atom. The molecule has 0 aliphatic carbocycles. The summed E-state index contributed by atoms with van der Waals surface area (Å²) in [7, 11) is 0. The van der Waals surface area contributed by atoms with Crippen LogP contribution in [0.3, 0.4) is 0 Å². The van der Waals surface area contributed by atoms with Crippen molar-refractivity contribution in [3.8, 4) is 0 Å². The van der Waals surface area contributed by atoms with Gasteiger partial charge in [0, 0.05) is 30.8 Å². The molecule has 0 bridgehead atoms. The fraction of sp³-hybridized carbons (Fsp3) is 0.375. The van der Waals surface area contributed by atoms with Crippen molar-refractivity contribution in [2.45, 2.75) is 39.8 Å². The summed E-state index contributed by atoms with van der Waals surface area (Å²) < 4.78 is 0. The van der Waals surface area contributed by atoms with Gasteiger partial charge < -0.3 is 15.6 Å². The molecule has 0 fully saturated rings. The Labute approximate surface area is 124 Å². The van der Waals surface area contributed by atoms with Crippen molar-refractivity contribution in [3.63, 3.8) is 0 Å². The lowest BCUT2D eigenvalue weighted by Gasteiger charge is -2.28. The molecule has 1 aromatic carbocycles. The largest absolute Gasteiger partial charge is 0.398 e. The number of aromatic amines is 1. The minimum Gasteiger partial charge on any atom is -0.398 e. The van der Waals surface area contributed by atoms with E-state index in [0.29, 0.717) is 24.6 Å². The fourth-order valence-corrected chi connectivity index (χ4v) is 2.20. The summed E-state index contributed by atoms with van der Waals surface area (Å²) in [5, 5.41) is 0. The molecular formula is C16H22N4O. The van der Waals surface area contributed by atoms with Gasteiger partial charge in [0.15, 0.2) is 0 Å². The van der Waals surface area contributed by atoms with E-state index in [-0.39, 0.29) is 11.6 Å². The molecule has 0 amide bonds. The lowest BCUT2D eigenvalue weighted by Crippen LogP contribution is -2.32. The number of H-pyrrole nitrogens is 1. The highest BCUT2D eigenvalue weighted by atomic mass is 16.1. The monoisotopic (exact) mass is 286 g/mol. The number of aromatic nitrogens is 2. The van der Waals surface area contributed by atoms with Gasteiger partial charge in [0.1, 0.15) is 11.6 Å². The maximum atomic E-state index is 11.8. The smallest absolute Gasteiger partial charge is 0.252 e. The first kappa shape index (κ1) is 15.1. The molecule has 5 heteroatoms.